The van der Waals surface area contributed by atoms with Gasteiger partial charge in [-0.3, -0.25) is 9.48 Å². The van der Waals surface area contributed by atoms with Crippen LogP contribution in [0.2, 0.25) is 0 Å². The third kappa shape index (κ3) is 2.96. The number of hydrogen-bond acceptors (Lipinski definition) is 3. The van der Waals surface area contributed by atoms with E-state index in [4.69, 9.17) is 5.11 Å². The van der Waals surface area contributed by atoms with E-state index in [1.165, 1.54) is 7.05 Å². The molecule has 1 unspecified atom stereocenters. The minimum Gasteiger partial charge on any atom is -0.480 e. The maximum atomic E-state index is 12.2. The molecule has 2 N–H and O–H groups in total. The minimum absolute atomic E-state index is 0.165. The Hall–Kier alpha value is -1.57. The number of nitrogens with zero attached hydrogens (tertiary/aromatic N) is 2. The van der Waals surface area contributed by atoms with E-state index in [0.29, 0.717) is 6.20 Å². The molecule has 0 saturated heterocycles. The van der Waals surface area contributed by atoms with E-state index in [1.807, 2.05) is 0 Å². The van der Waals surface area contributed by atoms with Crippen molar-refractivity contribution in [3.63, 3.8) is 0 Å². The number of carboxylic acids is 1. The van der Waals surface area contributed by atoms with E-state index in [1.54, 1.807) is 0 Å². The predicted molar refractivity (Wildman–Crippen MR) is 47.7 cm³/mol. The molecule has 0 aliphatic carbocycles. The zero-order valence-corrected chi connectivity index (χ0v) is 8.32. The van der Waals surface area contributed by atoms with Crippen molar-refractivity contribution in [3.05, 3.63) is 18.0 Å². The van der Waals surface area contributed by atoms with Crippen LogP contribution in [0.4, 0.5) is 13.2 Å². The van der Waals surface area contributed by atoms with Crippen molar-refractivity contribution >= 4 is 5.97 Å². The van der Waals surface area contributed by atoms with Gasteiger partial charge >= 0.3 is 12.1 Å². The smallest absolute Gasteiger partial charge is 0.419 e. The van der Waals surface area contributed by atoms with Crippen LogP contribution < -0.4 is 5.32 Å². The van der Waals surface area contributed by atoms with Crippen molar-refractivity contribution < 1.29 is 23.1 Å². The predicted octanol–water partition coefficient (Wildman–Crippen LogP) is 0.574. The lowest BCUT2D eigenvalue weighted by molar-refractivity contribution is -0.139. The summed E-state index contributed by atoms with van der Waals surface area (Å²) in [6.45, 7) is -0.165. The number of alkyl halides is 3. The van der Waals surface area contributed by atoms with Crippen LogP contribution >= 0.6 is 0 Å². The van der Waals surface area contributed by atoms with Gasteiger partial charge in [-0.1, -0.05) is 0 Å². The highest BCUT2D eigenvalue weighted by Crippen LogP contribution is 2.28. The second-order valence-electron chi connectivity index (χ2n) is 3.13. The molecule has 8 heteroatoms. The molecule has 1 heterocycles. The van der Waals surface area contributed by atoms with Crippen LogP contribution in [0, 0.1) is 0 Å². The summed E-state index contributed by atoms with van der Waals surface area (Å²) in [7, 11) is 1.41. The van der Waals surface area contributed by atoms with Gasteiger partial charge in [0.1, 0.15) is 6.04 Å². The molecule has 1 rings (SSSR count). The molecule has 0 fully saturated rings. The second-order valence-corrected chi connectivity index (χ2v) is 3.13. The average Bonchev–Trinajstić information content (AvgIpc) is 2.61. The Morgan fingerprint density at radius 1 is 1.69 bits per heavy atom. The van der Waals surface area contributed by atoms with Crippen LogP contribution in [0.1, 0.15) is 5.56 Å². The summed E-state index contributed by atoms with van der Waals surface area (Å²) in [5, 5.41) is 14.6. The number of aliphatic carboxylic acids is 1. The molecular weight excluding hydrogens is 227 g/mol. The topological polar surface area (TPSA) is 67.2 Å². The molecule has 90 valence electrons. The van der Waals surface area contributed by atoms with E-state index in [2.05, 4.69) is 10.4 Å². The normalized spacial score (nSPS) is 13.8. The van der Waals surface area contributed by atoms with Crippen LogP contribution in [-0.4, -0.2) is 33.9 Å². The minimum atomic E-state index is -4.46. The summed E-state index contributed by atoms with van der Waals surface area (Å²) in [6, 6.07) is -0.971. The van der Waals surface area contributed by atoms with Gasteiger partial charge in [0.2, 0.25) is 0 Å². The molecular formula is C8H10F3N3O2. The monoisotopic (exact) mass is 237 g/mol. The fourth-order valence-electron chi connectivity index (χ4n) is 1.09. The molecule has 0 aliphatic heterocycles. The molecule has 16 heavy (non-hydrogen) atoms. The van der Waals surface area contributed by atoms with Gasteiger partial charge in [-0.15, -0.1) is 0 Å². The van der Waals surface area contributed by atoms with Crippen molar-refractivity contribution in [1.29, 1.82) is 0 Å². The van der Waals surface area contributed by atoms with E-state index in [0.717, 1.165) is 10.9 Å². The third-order valence-corrected chi connectivity index (χ3v) is 1.98. The summed E-state index contributed by atoms with van der Waals surface area (Å²) >= 11 is 0. The third-order valence-electron chi connectivity index (χ3n) is 1.98. The van der Waals surface area contributed by atoms with Gasteiger partial charge in [0.05, 0.1) is 18.3 Å². The van der Waals surface area contributed by atoms with Gasteiger partial charge in [-0.25, -0.2) is 0 Å². The first-order chi connectivity index (χ1) is 7.34. The Balaban J connectivity index is 2.76. The van der Waals surface area contributed by atoms with E-state index < -0.39 is 23.8 Å². The lowest BCUT2D eigenvalue weighted by Crippen LogP contribution is -2.37. The van der Waals surface area contributed by atoms with Crippen LogP contribution in [0.15, 0.2) is 12.4 Å². The molecule has 0 aliphatic rings. The van der Waals surface area contributed by atoms with Crippen molar-refractivity contribution in [2.24, 2.45) is 0 Å². The lowest BCUT2D eigenvalue weighted by Gasteiger charge is -2.10. The zero-order valence-electron chi connectivity index (χ0n) is 8.32. The van der Waals surface area contributed by atoms with Crippen LogP contribution in [0.25, 0.3) is 0 Å². The van der Waals surface area contributed by atoms with Crippen molar-refractivity contribution in [3.8, 4) is 0 Å². The summed E-state index contributed by atoms with van der Waals surface area (Å²) in [5.74, 6) is -1.15. The fourth-order valence-corrected chi connectivity index (χ4v) is 1.09. The molecule has 5 nitrogen and oxygen atoms in total. The first kappa shape index (κ1) is 12.5. The highest BCUT2D eigenvalue weighted by Gasteiger charge is 2.32. The number of likely N-dealkylation sites (N-methyl/N-ethyl adjacent to an activating group) is 1. The van der Waals surface area contributed by atoms with Gasteiger partial charge in [-0.05, 0) is 7.05 Å². The maximum Gasteiger partial charge on any atom is 0.419 e. The lowest BCUT2D eigenvalue weighted by atomic mass is 10.3. The first-order valence-electron chi connectivity index (χ1n) is 4.34. The highest BCUT2D eigenvalue weighted by atomic mass is 19.4. The van der Waals surface area contributed by atoms with Gasteiger partial charge in [0.25, 0.3) is 0 Å². The second kappa shape index (κ2) is 4.52. The van der Waals surface area contributed by atoms with Gasteiger partial charge in [0.15, 0.2) is 0 Å². The Kier molecular flexibility index (Phi) is 3.53. The fraction of sp³-hybridized carbons (Fsp3) is 0.500. The SMILES string of the molecule is CNC(Cn1cc(C(F)(F)F)cn1)C(=O)O. The molecule has 0 spiro atoms. The molecule has 1 aromatic rings. The first-order valence-corrected chi connectivity index (χ1v) is 4.34. The van der Waals surface area contributed by atoms with E-state index in [9.17, 15) is 18.0 Å². The Morgan fingerprint density at radius 2 is 2.31 bits per heavy atom. The van der Waals surface area contributed by atoms with Gasteiger partial charge in [-0.2, -0.15) is 18.3 Å². The molecule has 0 bridgehead atoms. The van der Waals surface area contributed by atoms with Crippen LogP contribution in [0.5, 0.6) is 0 Å². The Bertz CT molecular complexity index is 375. The molecule has 1 atom stereocenters. The number of aromatic nitrogens is 2. The summed E-state index contributed by atoms with van der Waals surface area (Å²) in [6.07, 6.45) is -3.03. The summed E-state index contributed by atoms with van der Waals surface area (Å²) < 4.78 is 37.5. The Labute approximate surface area is 88.9 Å². The number of nitrogens with one attached hydrogen (secondary N) is 1. The standard InChI is InChI=1S/C8H10F3N3O2/c1-12-6(7(15)16)4-14-3-5(2-13-14)8(9,10)11/h2-3,6,12H,4H2,1H3,(H,15,16). The molecule has 0 radical (unpaired) electrons. The number of rotatable bonds is 4. The Morgan fingerprint density at radius 3 is 2.69 bits per heavy atom. The van der Waals surface area contributed by atoms with Crippen molar-refractivity contribution in [2.45, 2.75) is 18.8 Å². The van der Waals surface area contributed by atoms with E-state index in [-0.39, 0.29) is 6.54 Å². The van der Waals surface area contributed by atoms with Crippen molar-refractivity contribution in [2.75, 3.05) is 7.05 Å². The summed E-state index contributed by atoms with van der Waals surface area (Å²) in [5.41, 5.74) is -0.896. The highest BCUT2D eigenvalue weighted by molar-refractivity contribution is 5.73. The van der Waals surface area contributed by atoms with Gasteiger partial charge in [0, 0.05) is 6.20 Å². The van der Waals surface area contributed by atoms with E-state index >= 15 is 0 Å². The van der Waals surface area contributed by atoms with Crippen molar-refractivity contribution in [1.82, 2.24) is 15.1 Å². The van der Waals surface area contributed by atoms with Gasteiger partial charge < -0.3 is 10.4 Å². The number of halogens is 3. The molecule has 0 aromatic carbocycles. The zero-order chi connectivity index (χ0) is 12.3. The molecule has 1 aromatic heterocycles. The number of hydrogen-bond donors (Lipinski definition) is 2. The molecule has 0 saturated carbocycles. The quantitative estimate of drug-likeness (QED) is 0.803. The largest absolute Gasteiger partial charge is 0.480 e. The summed E-state index contributed by atoms with van der Waals surface area (Å²) in [4.78, 5) is 10.6. The van der Waals surface area contributed by atoms with Crippen LogP contribution in [0.3, 0.4) is 0 Å². The maximum absolute atomic E-state index is 12.2. The molecule has 0 amide bonds. The average molecular weight is 237 g/mol. The number of carbonyl (C=O) groups is 1. The number of carboxylic acid groups (broad SMARTS) is 1. The van der Waals surface area contributed by atoms with Crippen LogP contribution in [-0.2, 0) is 17.5 Å².